The van der Waals surface area contributed by atoms with Gasteiger partial charge in [0.1, 0.15) is 11.9 Å². The third kappa shape index (κ3) is 4.31. The number of nitrogens with zero attached hydrogens (tertiary/aromatic N) is 4. The Labute approximate surface area is 159 Å². The molecule has 0 saturated carbocycles. The van der Waals surface area contributed by atoms with Gasteiger partial charge in [-0.15, -0.1) is 0 Å². The van der Waals surface area contributed by atoms with Crippen LogP contribution in [0.5, 0.6) is 0 Å². The molecule has 2 aromatic rings. The maximum atomic E-state index is 12.6. The van der Waals surface area contributed by atoms with Crippen LogP contribution in [0.3, 0.4) is 0 Å². The highest BCUT2D eigenvalue weighted by atomic mass is 16.3. The van der Waals surface area contributed by atoms with Crippen molar-refractivity contribution in [2.24, 2.45) is 0 Å². The second-order valence-corrected chi connectivity index (χ2v) is 7.47. The summed E-state index contributed by atoms with van der Waals surface area (Å²) < 4.78 is 5.69. The van der Waals surface area contributed by atoms with Gasteiger partial charge in [-0.25, -0.2) is 4.98 Å². The minimum Gasteiger partial charge on any atom is -0.440 e. The van der Waals surface area contributed by atoms with Crippen molar-refractivity contribution in [3.05, 3.63) is 30.2 Å². The minimum atomic E-state index is 0.104. The van der Waals surface area contributed by atoms with Crippen LogP contribution in [0.2, 0.25) is 0 Å². The lowest BCUT2D eigenvalue weighted by molar-refractivity contribution is -0.132. The molecule has 2 aliphatic rings. The van der Waals surface area contributed by atoms with Crippen LogP contribution in [-0.4, -0.2) is 89.2 Å². The van der Waals surface area contributed by atoms with E-state index in [9.17, 15) is 4.79 Å². The first kappa shape index (κ1) is 18.4. The number of carbonyl (C=O) groups is 1. The summed E-state index contributed by atoms with van der Waals surface area (Å²) in [6.07, 6.45) is 2.29. The molecule has 1 amide bonds. The molecule has 7 nitrogen and oxygen atoms in total. The summed E-state index contributed by atoms with van der Waals surface area (Å²) in [4.78, 5) is 23.9. The third-order valence-corrected chi connectivity index (χ3v) is 5.80. The number of likely N-dealkylation sites (tertiary alicyclic amines) is 1. The molecule has 1 aromatic carbocycles. The molecule has 0 atom stereocenters. The molecule has 0 spiro atoms. The van der Waals surface area contributed by atoms with Gasteiger partial charge in [-0.1, -0.05) is 12.1 Å². The summed E-state index contributed by atoms with van der Waals surface area (Å²) in [6, 6.07) is 8.17. The van der Waals surface area contributed by atoms with E-state index in [2.05, 4.69) is 14.8 Å². The third-order valence-electron chi connectivity index (χ3n) is 5.80. The quantitative estimate of drug-likeness (QED) is 0.843. The van der Waals surface area contributed by atoms with Crippen LogP contribution in [0.1, 0.15) is 18.7 Å². The van der Waals surface area contributed by atoms with Gasteiger partial charge in [-0.05, 0) is 25.0 Å². The molecule has 0 unspecified atom stereocenters. The Kier molecular flexibility index (Phi) is 5.71. The predicted octanol–water partition coefficient (Wildman–Crippen LogP) is 0.971. The van der Waals surface area contributed by atoms with Gasteiger partial charge in [0.2, 0.25) is 11.8 Å². The summed E-state index contributed by atoms with van der Waals surface area (Å²) in [5, 5.41) is 9.06. The van der Waals surface area contributed by atoms with E-state index in [1.54, 1.807) is 0 Å². The molecule has 2 aliphatic heterocycles. The molecule has 146 valence electrons. The topological polar surface area (TPSA) is 73.1 Å². The lowest BCUT2D eigenvalue weighted by Gasteiger charge is -2.42. The number of aliphatic hydroxyl groups is 1. The fourth-order valence-electron chi connectivity index (χ4n) is 4.21. The molecule has 0 radical (unpaired) electrons. The molecular formula is C20H28N4O3. The molecular weight excluding hydrogens is 344 g/mol. The molecule has 3 heterocycles. The Balaban J connectivity index is 1.26. The average Bonchev–Trinajstić information content (AvgIpc) is 3.11. The molecule has 1 N–H and O–H groups in total. The lowest BCUT2D eigenvalue weighted by atomic mass is 10.0. The number of rotatable bonds is 5. The number of hydrogen-bond donors (Lipinski definition) is 1. The second-order valence-electron chi connectivity index (χ2n) is 7.47. The van der Waals surface area contributed by atoms with Crippen LogP contribution < -0.4 is 0 Å². The maximum absolute atomic E-state index is 12.6. The van der Waals surface area contributed by atoms with Gasteiger partial charge in [0.25, 0.3) is 0 Å². The van der Waals surface area contributed by atoms with Gasteiger partial charge >= 0.3 is 0 Å². The highest BCUT2D eigenvalue weighted by molar-refractivity contribution is 5.79. The van der Waals surface area contributed by atoms with E-state index in [0.717, 1.165) is 69.8 Å². The van der Waals surface area contributed by atoms with Crippen LogP contribution in [0.25, 0.3) is 11.1 Å². The first-order valence-corrected chi connectivity index (χ1v) is 9.92. The number of benzene rings is 1. The number of piperazine rings is 1. The van der Waals surface area contributed by atoms with Crippen LogP contribution in [0.4, 0.5) is 0 Å². The zero-order valence-electron chi connectivity index (χ0n) is 15.7. The number of aliphatic hydroxyl groups excluding tert-OH is 1. The molecule has 2 fully saturated rings. The molecule has 0 bridgehead atoms. The van der Waals surface area contributed by atoms with Crippen LogP contribution in [0.15, 0.2) is 28.7 Å². The number of carbonyl (C=O) groups excluding carboxylic acids is 1. The lowest BCUT2D eigenvalue weighted by Crippen LogP contribution is -2.54. The van der Waals surface area contributed by atoms with E-state index < -0.39 is 0 Å². The monoisotopic (exact) mass is 372 g/mol. The number of oxazole rings is 1. The number of amides is 1. The predicted molar refractivity (Wildman–Crippen MR) is 102 cm³/mol. The first-order chi connectivity index (χ1) is 13.2. The van der Waals surface area contributed by atoms with E-state index in [1.807, 2.05) is 29.2 Å². The van der Waals surface area contributed by atoms with Gasteiger partial charge in [0, 0.05) is 51.9 Å². The standard InChI is InChI=1S/C20H28N4O3/c25-14-13-22-9-11-23(12-10-22)16-5-7-24(8-6-16)20(26)15-19-21-17-3-1-2-4-18(17)27-19/h1-4,16,25H,5-15H2. The fraction of sp³-hybridized carbons (Fsp3) is 0.600. The maximum Gasteiger partial charge on any atom is 0.231 e. The average molecular weight is 372 g/mol. The Morgan fingerprint density at radius 3 is 2.56 bits per heavy atom. The highest BCUT2D eigenvalue weighted by Crippen LogP contribution is 2.20. The number of β-amino-alcohol motifs (C(OH)–C–C–N with tert-alkyl or cyclic N) is 1. The number of piperidine rings is 1. The van der Waals surface area contributed by atoms with Gasteiger partial charge in [-0.2, -0.15) is 0 Å². The largest absolute Gasteiger partial charge is 0.440 e. The van der Waals surface area contributed by atoms with E-state index in [0.29, 0.717) is 11.9 Å². The summed E-state index contributed by atoms with van der Waals surface area (Å²) >= 11 is 0. The Morgan fingerprint density at radius 1 is 1.11 bits per heavy atom. The summed E-state index contributed by atoms with van der Waals surface area (Å²) in [7, 11) is 0. The summed E-state index contributed by atoms with van der Waals surface area (Å²) in [6.45, 7) is 6.79. The van der Waals surface area contributed by atoms with Crippen molar-refractivity contribution in [3.63, 3.8) is 0 Å². The Morgan fingerprint density at radius 2 is 1.85 bits per heavy atom. The molecule has 4 rings (SSSR count). The van der Waals surface area contributed by atoms with Gasteiger partial charge in [0.15, 0.2) is 5.58 Å². The van der Waals surface area contributed by atoms with Gasteiger partial charge < -0.3 is 14.4 Å². The second kappa shape index (κ2) is 8.37. The van der Waals surface area contributed by atoms with E-state index in [4.69, 9.17) is 9.52 Å². The van der Waals surface area contributed by atoms with Crippen molar-refractivity contribution in [2.45, 2.75) is 25.3 Å². The summed E-state index contributed by atoms with van der Waals surface area (Å²) in [5.41, 5.74) is 1.54. The smallest absolute Gasteiger partial charge is 0.231 e. The van der Waals surface area contributed by atoms with Crippen LogP contribution in [0, 0.1) is 0 Å². The van der Waals surface area contributed by atoms with Crippen molar-refractivity contribution in [1.82, 2.24) is 19.7 Å². The van der Waals surface area contributed by atoms with Gasteiger partial charge in [-0.3, -0.25) is 14.6 Å². The van der Waals surface area contributed by atoms with Crippen molar-refractivity contribution in [1.29, 1.82) is 0 Å². The molecule has 1 aromatic heterocycles. The summed E-state index contributed by atoms with van der Waals surface area (Å²) in [5.74, 6) is 0.607. The van der Waals surface area contributed by atoms with Crippen LogP contribution in [-0.2, 0) is 11.2 Å². The van der Waals surface area contributed by atoms with Crippen molar-refractivity contribution >= 4 is 17.0 Å². The van der Waals surface area contributed by atoms with Gasteiger partial charge in [0.05, 0.1) is 6.61 Å². The number of aromatic nitrogens is 1. The Hall–Kier alpha value is -1.96. The first-order valence-electron chi connectivity index (χ1n) is 9.92. The number of hydrogen-bond acceptors (Lipinski definition) is 6. The van der Waals surface area contributed by atoms with E-state index >= 15 is 0 Å². The molecule has 0 aliphatic carbocycles. The van der Waals surface area contributed by atoms with E-state index in [1.165, 1.54) is 0 Å². The SMILES string of the molecule is O=C(Cc1nc2ccccc2o1)N1CCC(N2CCN(CCO)CC2)CC1. The minimum absolute atomic E-state index is 0.104. The van der Waals surface area contributed by atoms with Crippen molar-refractivity contribution in [2.75, 3.05) is 52.4 Å². The highest BCUT2D eigenvalue weighted by Gasteiger charge is 2.29. The van der Waals surface area contributed by atoms with Crippen molar-refractivity contribution in [3.8, 4) is 0 Å². The fourth-order valence-corrected chi connectivity index (χ4v) is 4.21. The molecule has 2 saturated heterocycles. The van der Waals surface area contributed by atoms with E-state index in [-0.39, 0.29) is 18.9 Å². The zero-order chi connectivity index (χ0) is 18.6. The molecule has 7 heteroatoms. The Bertz CT molecular complexity index is 728. The number of para-hydroxylation sites is 2. The zero-order valence-corrected chi connectivity index (χ0v) is 15.7. The van der Waals surface area contributed by atoms with Crippen molar-refractivity contribution < 1.29 is 14.3 Å². The van der Waals surface area contributed by atoms with Crippen LogP contribution >= 0.6 is 0 Å². The molecule has 27 heavy (non-hydrogen) atoms. The normalized spacial score (nSPS) is 20.4. The number of fused-ring (bicyclic) bond motifs is 1.